The number of carbonyl (C=O) groups is 2. The summed E-state index contributed by atoms with van der Waals surface area (Å²) in [5.74, 6) is -0.611. The van der Waals surface area contributed by atoms with Gasteiger partial charge in [-0.2, -0.15) is 4.73 Å². The van der Waals surface area contributed by atoms with Gasteiger partial charge in [-0.1, -0.05) is 25.1 Å². The number of ether oxygens (including phenoxy) is 3. The van der Waals surface area contributed by atoms with Crippen molar-refractivity contribution in [1.82, 2.24) is 9.80 Å². The molecule has 250 valence electrons. The Morgan fingerprint density at radius 2 is 1.77 bits per heavy atom. The maximum Gasteiger partial charge on any atom is 0.414 e. The van der Waals surface area contributed by atoms with Crippen molar-refractivity contribution in [1.29, 1.82) is 0 Å². The Bertz CT molecular complexity index is 1650. The summed E-state index contributed by atoms with van der Waals surface area (Å²) in [6.45, 7) is 9.17. The molecule has 47 heavy (non-hydrogen) atoms. The van der Waals surface area contributed by atoms with Crippen molar-refractivity contribution in [2.45, 2.75) is 78.2 Å². The fourth-order valence-corrected chi connectivity index (χ4v) is 7.16. The Balaban J connectivity index is 1.07. The first-order valence-corrected chi connectivity index (χ1v) is 16.5. The number of piperidine rings is 2. The van der Waals surface area contributed by atoms with Gasteiger partial charge in [-0.15, -0.1) is 0 Å². The lowest BCUT2D eigenvalue weighted by Gasteiger charge is -2.40. The van der Waals surface area contributed by atoms with Crippen LogP contribution in [0.2, 0.25) is 0 Å². The summed E-state index contributed by atoms with van der Waals surface area (Å²) in [6.07, 6.45) is 2.66. The van der Waals surface area contributed by atoms with Gasteiger partial charge in [0.15, 0.2) is 23.0 Å². The average Bonchev–Trinajstić information content (AvgIpc) is 3.08. The third kappa shape index (κ3) is 6.58. The van der Waals surface area contributed by atoms with E-state index in [0.29, 0.717) is 57.4 Å². The molecule has 3 aromatic rings. The molecule has 0 saturated carbocycles. The minimum absolute atomic E-state index is 0.0629. The normalized spacial score (nSPS) is 17.8. The van der Waals surface area contributed by atoms with Gasteiger partial charge in [0.2, 0.25) is 0 Å². The minimum atomic E-state index is -0.609. The number of cyclic esters (lactones) is 1. The second-order valence-electron chi connectivity index (χ2n) is 12.7. The highest BCUT2D eigenvalue weighted by atomic mass is 19.1. The summed E-state index contributed by atoms with van der Waals surface area (Å²) in [7, 11) is 1.46. The van der Waals surface area contributed by atoms with E-state index in [2.05, 4.69) is 11.8 Å². The van der Waals surface area contributed by atoms with Gasteiger partial charge >= 0.3 is 6.09 Å². The number of pyridine rings is 1. The van der Waals surface area contributed by atoms with Crippen LogP contribution in [0.5, 0.6) is 11.5 Å². The number of methoxy groups -OCH3 is 1. The number of nitrogens with zero attached hydrogens (tertiary/aromatic N) is 4. The van der Waals surface area contributed by atoms with Crippen LogP contribution >= 0.6 is 0 Å². The minimum Gasteiger partial charge on any atom is -0.618 e. The van der Waals surface area contributed by atoms with Crippen LogP contribution in [-0.4, -0.2) is 67.2 Å². The zero-order valence-electron chi connectivity index (χ0n) is 27.6. The number of carbonyl (C=O) groups excluding carboxylic acids is 2. The van der Waals surface area contributed by atoms with Gasteiger partial charge in [0.05, 0.1) is 18.4 Å². The Hall–Kier alpha value is -4.38. The average molecular weight is 647 g/mol. The molecule has 2 aromatic carbocycles. The lowest BCUT2D eigenvalue weighted by molar-refractivity contribution is -0.621. The maximum absolute atomic E-state index is 15.4. The van der Waals surface area contributed by atoms with Gasteiger partial charge in [-0.25, -0.2) is 9.18 Å². The predicted octanol–water partition coefficient (Wildman–Crippen LogP) is 5.45. The topological polar surface area (TPSA) is 98.5 Å². The molecule has 4 heterocycles. The Morgan fingerprint density at radius 3 is 2.47 bits per heavy atom. The molecule has 1 aromatic heterocycles. The van der Waals surface area contributed by atoms with E-state index >= 15 is 4.39 Å². The van der Waals surface area contributed by atoms with E-state index in [0.717, 1.165) is 45.9 Å². The van der Waals surface area contributed by atoms with Gasteiger partial charge < -0.3 is 24.3 Å². The lowest BCUT2D eigenvalue weighted by atomic mass is 10.00. The summed E-state index contributed by atoms with van der Waals surface area (Å²) in [6, 6.07) is 12.2. The number of fused-ring (bicyclic) bond motifs is 1. The highest BCUT2D eigenvalue weighted by molar-refractivity contribution is 5.97. The number of likely N-dealkylation sites (tertiary alicyclic amines) is 2. The van der Waals surface area contributed by atoms with Crippen LogP contribution in [0.1, 0.15) is 71.0 Å². The molecule has 0 unspecified atom stereocenters. The van der Waals surface area contributed by atoms with E-state index in [1.165, 1.54) is 19.2 Å². The standard InChI is InChI=1S/C36H43FN4O6/c1-5-31-29(23(2)18-24(3)41(31)44)21-38-14-12-27(13-15-38)47-34-20-33(45-4)28(19-30(34)37)35(42)39-16-10-26(11-17-39)40-32-9-7-6-8-25(32)22-46-36(40)43/h6-9,18-20,26-27H,5,10-17,21-22H2,1-4H3. The molecular formula is C36H43FN4O6. The molecule has 0 atom stereocenters. The summed E-state index contributed by atoms with van der Waals surface area (Å²) in [5, 5.41) is 12.6. The van der Waals surface area contributed by atoms with Crippen molar-refractivity contribution in [3.05, 3.63) is 87.1 Å². The molecule has 3 aliphatic rings. The van der Waals surface area contributed by atoms with Crippen molar-refractivity contribution >= 4 is 17.7 Å². The first-order valence-electron chi connectivity index (χ1n) is 16.5. The van der Waals surface area contributed by atoms with Crippen LogP contribution < -0.4 is 19.1 Å². The molecule has 0 aliphatic carbocycles. The molecule has 2 fully saturated rings. The lowest BCUT2D eigenvalue weighted by Crippen LogP contribution is -2.50. The zero-order chi connectivity index (χ0) is 33.2. The molecule has 0 radical (unpaired) electrons. The first kappa shape index (κ1) is 32.6. The smallest absolute Gasteiger partial charge is 0.414 e. The van der Waals surface area contributed by atoms with Gasteiger partial charge in [0, 0.05) is 75.4 Å². The van der Waals surface area contributed by atoms with Gasteiger partial charge in [-0.05, 0) is 50.3 Å². The molecule has 0 N–H and O–H groups in total. The highest BCUT2D eigenvalue weighted by Crippen LogP contribution is 2.34. The largest absolute Gasteiger partial charge is 0.618 e. The second-order valence-corrected chi connectivity index (χ2v) is 12.7. The van der Waals surface area contributed by atoms with Gasteiger partial charge in [0.25, 0.3) is 5.91 Å². The van der Waals surface area contributed by atoms with E-state index in [9.17, 15) is 14.8 Å². The van der Waals surface area contributed by atoms with E-state index in [1.807, 2.05) is 44.2 Å². The van der Waals surface area contributed by atoms with Gasteiger partial charge in [0.1, 0.15) is 18.5 Å². The fourth-order valence-electron chi connectivity index (χ4n) is 7.16. The van der Waals surface area contributed by atoms with E-state index in [1.54, 1.807) is 9.80 Å². The number of amides is 2. The Labute approximate surface area is 275 Å². The zero-order valence-corrected chi connectivity index (χ0v) is 27.6. The van der Waals surface area contributed by atoms with Crippen LogP contribution in [0.15, 0.2) is 42.5 Å². The summed E-state index contributed by atoms with van der Waals surface area (Å²) in [4.78, 5) is 31.9. The first-order chi connectivity index (χ1) is 22.7. The van der Waals surface area contributed by atoms with Crippen LogP contribution in [0.3, 0.4) is 0 Å². The van der Waals surface area contributed by atoms with Crippen molar-refractivity contribution in [3.8, 4) is 11.5 Å². The number of para-hydroxylation sites is 1. The number of aryl methyl sites for hydroxylation is 2. The van der Waals surface area contributed by atoms with Gasteiger partial charge in [-0.3, -0.25) is 14.6 Å². The SMILES string of the molecule is CCc1c(CN2CCC(Oc3cc(OC)c(C(=O)N4CCC(N5C(=O)OCc6ccccc65)CC4)cc3F)CC2)c(C)cc(C)[n+]1[O-]. The quantitative estimate of drug-likeness (QED) is 0.237. The summed E-state index contributed by atoms with van der Waals surface area (Å²) < 4.78 is 33.5. The highest BCUT2D eigenvalue weighted by Gasteiger charge is 2.36. The third-order valence-corrected chi connectivity index (χ3v) is 9.76. The predicted molar refractivity (Wildman–Crippen MR) is 174 cm³/mol. The molecule has 0 spiro atoms. The van der Waals surface area contributed by atoms with Crippen LogP contribution in [0, 0.1) is 24.9 Å². The molecule has 3 aliphatic heterocycles. The van der Waals surface area contributed by atoms with Crippen molar-refractivity contribution < 1.29 is 32.9 Å². The molecule has 2 amide bonds. The third-order valence-electron chi connectivity index (χ3n) is 9.76. The molecule has 0 bridgehead atoms. The van der Waals surface area contributed by atoms with Crippen molar-refractivity contribution in [2.75, 3.05) is 38.2 Å². The van der Waals surface area contributed by atoms with Crippen molar-refractivity contribution in [3.63, 3.8) is 0 Å². The number of halogens is 1. The van der Waals surface area contributed by atoms with E-state index in [-0.39, 0.29) is 47.8 Å². The van der Waals surface area contributed by atoms with E-state index < -0.39 is 5.82 Å². The number of hydrogen-bond donors (Lipinski definition) is 0. The number of rotatable bonds is 8. The van der Waals surface area contributed by atoms with Crippen LogP contribution in [0.4, 0.5) is 14.9 Å². The molecule has 10 nitrogen and oxygen atoms in total. The molecule has 11 heteroatoms. The molecule has 6 rings (SSSR count). The monoisotopic (exact) mass is 646 g/mol. The molecular weight excluding hydrogens is 603 g/mol. The number of aromatic nitrogens is 1. The Kier molecular flexibility index (Phi) is 9.54. The number of benzene rings is 2. The second kappa shape index (κ2) is 13.8. The van der Waals surface area contributed by atoms with Crippen LogP contribution in [0.25, 0.3) is 0 Å². The number of hydrogen-bond acceptors (Lipinski definition) is 7. The summed E-state index contributed by atoms with van der Waals surface area (Å²) in [5.41, 5.74) is 5.66. The van der Waals surface area contributed by atoms with Crippen molar-refractivity contribution in [2.24, 2.45) is 0 Å². The molecule has 2 saturated heterocycles. The maximum atomic E-state index is 15.4. The summed E-state index contributed by atoms with van der Waals surface area (Å²) >= 11 is 0. The fraction of sp³-hybridized carbons (Fsp3) is 0.472. The van der Waals surface area contributed by atoms with Crippen LogP contribution in [-0.2, 0) is 24.3 Å². The van der Waals surface area contributed by atoms with E-state index in [4.69, 9.17) is 14.2 Å². The number of anilines is 1. The Morgan fingerprint density at radius 1 is 1.04 bits per heavy atom.